The molecule has 0 aromatic heterocycles. The van der Waals surface area contributed by atoms with Gasteiger partial charge in [-0.1, -0.05) is 29.3 Å². The molecular formula is C15H22F2N2. The standard InChI is InChI=1S/C15H22F2N2/c1-11-7-12(2)9-13(8-11)14(10-15(16)17)19-5-3-18-4-6-19/h7-9,14-15,18H,3-6,10H2,1-2H3/t14-/m1/s1. The number of hydrogen-bond donors (Lipinski definition) is 1. The molecule has 0 spiro atoms. The Hall–Kier alpha value is -1.00. The highest BCUT2D eigenvalue weighted by Gasteiger charge is 2.25. The van der Waals surface area contributed by atoms with Crippen molar-refractivity contribution in [1.82, 2.24) is 10.2 Å². The third-order valence-electron chi connectivity index (χ3n) is 3.62. The van der Waals surface area contributed by atoms with Crippen LogP contribution in [0.5, 0.6) is 0 Å². The minimum Gasteiger partial charge on any atom is -0.314 e. The second-order valence-corrected chi connectivity index (χ2v) is 5.35. The van der Waals surface area contributed by atoms with Crippen LogP contribution < -0.4 is 5.32 Å². The highest BCUT2D eigenvalue weighted by Crippen LogP contribution is 2.29. The molecule has 1 aliphatic rings. The fourth-order valence-corrected chi connectivity index (χ4v) is 2.86. The molecule has 0 bridgehead atoms. The Kier molecular flexibility index (Phi) is 4.88. The summed E-state index contributed by atoms with van der Waals surface area (Å²) in [4.78, 5) is 2.18. The maximum absolute atomic E-state index is 12.9. The molecule has 0 radical (unpaired) electrons. The quantitative estimate of drug-likeness (QED) is 0.903. The average molecular weight is 268 g/mol. The third-order valence-corrected chi connectivity index (χ3v) is 3.62. The van der Waals surface area contributed by atoms with E-state index < -0.39 is 6.43 Å². The molecule has 19 heavy (non-hydrogen) atoms. The summed E-state index contributed by atoms with van der Waals surface area (Å²) in [6, 6.07) is 6.01. The Balaban J connectivity index is 2.24. The first-order valence-corrected chi connectivity index (χ1v) is 6.87. The summed E-state index contributed by atoms with van der Waals surface area (Å²) in [5.41, 5.74) is 3.31. The van der Waals surface area contributed by atoms with Gasteiger partial charge in [0.15, 0.2) is 0 Å². The first kappa shape index (κ1) is 14.4. The van der Waals surface area contributed by atoms with Gasteiger partial charge < -0.3 is 5.32 Å². The molecule has 0 unspecified atom stereocenters. The molecule has 1 aromatic rings. The van der Waals surface area contributed by atoms with Crippen molar-refractivity contribution in [2.45, 2.75) is 32.7 Å². The van der Waals surface area contributed by atoms with Gasteiger partial charge >= 0.3 is 0 Å². The molecule has 0 saturated carbocycles. The van der Waals surface area contributed by atoms with Crippen molar-refractivity contribution in [3.8, 4) is 0 Å². The zero-order chi connectivity index (χ0) is 13.8. The first-order chi connectivity index (χ1) is 9.06. The second kappa shape index (κ2) is 6.44. The highest BCUT2D eigenvalue weighted by atomic mass is 19.3. The van der Waals surface area contributed by atoms with Gasteiger partial charge in [0.05, 0.1) is 0 Å². The third kappa shape index (κ3) is 3.98. The molecule has 1 N–H and O–H groups in total. The number of nitrogens with one attached hydrogen (secondary N) is 1. The monoisotopic (exact) mass is 268 g/mol. The van der Waals surface area contributed by atoms with Crippen LogP contribution >= 0.6 is 0 Å². The Morgan fingerprint density at radius 1 is 1.11 bits per heavy atom. The van der Waals surface area contributed by atoms with Crippen LogP contribution in [0.3, 0.4) is 0 Å². The van der Waals surface area contributed by atoms with E-state index in [2.05, 4.69) is 16.3 Å². The van der Waals surface area contributed by atoms with E-state index in [-0.39, 0.29) is 12.5 Å². The summed E-state index contributed by atoms with van der Waals surface area (Å²) in [6.07, 6.45) is -2.34. The SMILES string of the molecule is Cc1cc(C)cc([C@@H](CC(F)F)N2CCNCC2)c1. The zero-order valence-electron chi connectivity index (χ0n) is 11.6. The molecule has 0 aliphatic carbocycles. The average Bonchev–Trinajstić information content (AvgIpc) is 2.35. The smallest absolute Gasteiger partial charge is 0.240 e. The van der Waals surface area contributed by atoms with Crippen molar-refractivity contribution < 1.29 is 8.78 Å². The number of aryl methyl sites for hydroxylation is 2. The molecule has 1 fully saturated rings. The molecule has 2 rings (SSSR count). The van der Waals surface area contributed by atoms with Gasteiger partial charge in [-0.25, -0.2) is 8.78 Å². The molecule has 1 saturated heterocycles. The number of benzene rings is 1. The van der Waals surface area contributed by atoms with Gasteiger partial charge in [0.25, 0.3) is 0 Å². The summed E-state index contributed by atoms with van der Waals surface area (Å²) in [7, 11) is 0. The molecule has 1 atom stereocenters. The van der Waals surface area contributed by atoms with E-state index in [9.17, 15) is 8.78 Å². The van der Waals surface area contributed by atoms with Crippen LogP contribution in [0.15, 0.2) is 18.2 Å². The summed E-state index contributed by atoms with van der Waals surface area (Å²) >= 11 is 0. The Morgan fingerprint density at radius 2 is 1.68 bits per heavy atom. The van der Waals surface area contributed by atoms with Crippen molar-refractivity contribution in [3.63, 3.8) is 0 Å². The Morgan fingerprint density at radius 3 is 2.21 bits per heavy atom. The number of nitrogens with zero attached hydrogens (tertiary/aromatic N) is 1. The van der Waals surface area contributed by atoms with Crippen LogP contribution in [0, 0.1) is 13.8 Å². The summed E-state index contributed by atoms with van der Waals surface area (Å²) in [5.74, 6) is 0. The molecule has 4 heteroatoms. The lowest BCUT2D eigenvalue weighted by Crippen LogP contribution is -2.45. The maximum Gasteiger partial charge on any atom is 0.240 e. The lowest BCUT2D eigenvalue weighted by molar-refractivity contribution is 0.0739. The van der Waals surface area contributed by atoms with E-state index in [1.165, 1.54) is 0 Å². The number of alkyl halides is 2. The van der Waals surface area contributed by atoms with Crippen LogP contribution in [0.4, 0.5) is 8.78 Å². The van der Waals surface area contributed by atoms with E-state index in [0.29, 0.717) is 0 Å². The summed E-state index contributed by atoms with van der Waals surface area (Å²) < 4.78 is 25.8. The van der Waals surface area contributed by atoms with Crippen LogP contribution in [0.2, 0.25) is 0 Å². The molecule has 0 amide bonds. The van der Waals surface area contributed by atoms with E-state index in [1.807, 2.05) is 26.0 Å². The zero-order valence-corrected chi connectivity index (χ0v) is 11.6. The minimum atomic E-state index is -2.26. The van der Waals surface area contributed by atoms with Crippen molar-refractivity contribution in [2.24, 2.45) is 0 Å². The largest absolute Gasteiger partial charge is 0.314 e. The predicted molar refractivity (Wildman–Crippen MR) is 73.7 cm³/mol. The van der Waals surface area contributed by atoms with Gasteiger partial charge in [0.1, 0.15) is 0 Å². The molecule has 1 heterocycles. The van der Waals surface area contributed by atoms with E-state index in [0.717, 1.165) is 42.9 Å². The fraction of sp³-hybridized carbons (Fsp3) is 0.600. The van der Waals surface area contributed by atoms with Gasteiger partial charge in [0, 0.05) is 38.6 Å². The number of halogens is 2. The van der Waals surface area contributed by atoms with Gasteiger partial charge in [-0.2, -0.15) is 0 Å². The van der Waals surface area contributed by atoms with Crippen molar-refractivity contribution >= 4 is 0 Å². The van der Waals surface area contributed by atoms with Crippen LogP contribution in [-0.2, 0) is 0 Å². The van der Waals surface area contributed by atoms with E-state index in [4.69, 9.17) is 0 Å². The van der Waals surface area contributed by atoms with Crippen LogP contribution in [0.25, 0.3) is 0 Å². The van der Waals surface area contributed by atoms with E-state index in [1.54, 1.807) is 0 Å². The Labute approximate surface area is 113 Å². The van der Waals surface area contributed by atoms with Crippen LogP contribution in [-0.4, -0.2) is 37.5 Å². The molecule has 106 valence electrons. The van der Waals surface area contributed by atoms with Gasteiger partial charge in [-0.05, 0) is 19.4 Å². The molecule has 2 nitrogen and oxygen atoms in total. The van der Waals surface area contributed by atoms with Crippen molar-refractivity contribution in [2.75, 3.05) is 26.2 Å². The minimum absolute atomic E-state index is 0.0805. The van der Waals surface area contributed by atoms with Gasteiger partial charge in [0.2, 0.25) is 6.43 Å². The molecule has 1 aromatic carbocycles. The topological polar surface area (TPSA) is 15.3 Å². The number of piperazine rings is 1. The van der Waals surface area contributed by atoms with E-state index >= 15 is 0 Å². The summed E-state index contributed by atoms with van der Waals surface area (Å²) in [5, 5.41) is 3.27. The van der Waals surface area contributed by atoms with Gasteiger partial charge in [-0.15, -0.1) is 0 Å². The summed E-state index contributed by atoms with van der Waals surface area (Å²) in [6.45, 7) is 7.48. The normalized spacial score (nSPS) is 18.8. The lowest BCUT2D eigenvalue weighted by Gasteiger charge is -2.35. The number of rotatable bonds is 4. The highest BCUT2D eigenvalue weighted by molar-refractivity contribution is 5.31. The maximum atomic E-state index is 12.9. The predicted octanol–water partition coefficient (Wildman–Crippen LogP) is 2.90. The Bertz CT molecular complexity index is 394. The number of hydrogen-bond acceptors (Lipinski definition) is 2. The molecular weight excluding hydrogens is 246 g/mol. The first-order valence-electron chi connectivity index (χ1n) is 6.87. The second-order valence-electron chi connectivity index (χ2n) is 5.35. The van der Waals surface area contributed by atoms with Crippen molar-refractivity contribution in [1.29, 1.82) is 0 Å². The fourth-order valence-electron chi connectivity index (χ4n) is 2.86. The molecule has 1 aliphatic heterocycles. The van der Waals surface area contributed by atoms with Crippen molar-refractivity contribution in [3.05, 3.63) is 34.9 Å². The lowest BCUT2D eigenvalue weighted by atomic mass is 9.97. The van der Waals surface area contributed by atoms with Crippen LogP contribution in [0.1, 0.15) is 29.2 Å². The van der Waals surface area contributed by atoms with Gasteiger partial charge in [-0.3, -0.25) is 4.90 Å².